The summed E-state index contributed by atoms with van der Waals surface area (Å²) in [6, 6.07) is 8.30. The topological polar surface area (TPSA) is 49.8 Å². The molecule has 3 rings (SSSR count). The molecule has 0 radical (unpaired) electrons. The molecule has 1 aliphatic carbocycles. The fourth-order valence-electron chi connectivity index (χ4n) is 4.75. The van der Waals surface area contributed by atoms with Crippen LogP contribution in [0.3, 0.4) is 0 Å². The Balaban J connectivity index is 1.65. The molecule has 1 heterocycles. The van der Waals surface area contributed by atoms with Crippen LogP contribution in [-0.2, 0) is 16.0 Å². The highest BCUT2D eigenvalue weighted by Gasteiger charge is 2.51. The number of carbonyl (C=O) groups excluding carboxylic acids is 1. The van der Waals surface area contributed by atoms with Gasteiger partial charge in [0.25, 0.3) is 0 Å². The van der Waals surface area contributed by atoms with Crippen molar-refractivity contribution in [3.63, 3.8) is 0 Å². The maximum Gasteiger partial charge on any atom is 0.233 e. The van der Waals surface area contributed by atoms with E-state index in [0.717, 1.165) is 57.2 Å². The Hall–Kier alpha value is -1.39. The highest BCUT2D eigenvalue weighted by Crippen LogP contribution is 2.49. The van der Waals surface area contributed by atoms with Crippen LogP contribution in [0, 0.1) is 11.3 Å². The second-order valence-corrected chi connectivity index (χ2v) is 8.72. The van der Waals surface area contributed by atoms with Gasteiger partial charge in [-0.2, -0.15) is 0 Å². The van der Waals surface area contributed by atoms with Gasteiger partial charge in [-0.25, -0.2) is 0 Å². The van der Waals surface area contributed by atoms with Crippen molar-refractivity contribution in [2.45, 2.75) is 64.4 Å². The summed E-state index contributed by atoms with van der Waals surface area (Å²) < 4.78 is 5.12. The lowest BCUT2D eigenvalue weighted by atomic mass is 9.66. The molecule has 1 amide bonds. The van der Waals surface area contributed by atoms with Crippen molar-refractivity contribution >= 4 is 11.6 Å². The van der Waals surface area contributed by atoms with Crippen LogP contribution in [0.15, 0.2) is 24.3 Å². The van der Waals surface area contributed by atoms with E-state index in [4.69, 9.17) is 4.74 Å². The minimum Gasteiger partial charge on any atom is -0.390 e. The molecule has 4 heteroatoms. The van der Waals surface area contributed by atoms with Gasteiger partial charge in [-0.15, -0.1) is 0 Å². The minimum absolute atomic E-state index is 0.252. The van der Waals surface area contributed by atoms with E-state index in [2.05, 4.69) is 38.1 Å². The summed E-state index contributed by atoms with van der Waals surface area (Å²) >= 11 is 0. The van der Waals surface area contributed by atoms with Crippen molar-refractivity contribution in [1.82, 2.24) is 0 Å². The van der Waals surface area contributed by atoms with Crippen LogP contribution in [0.25, 0.3) is 0 Å². The van der Waals surface area contributed by atoms with Crippen molar-refractivity contribution in [2.24, 2.45) is 11.3 Å². The zero-order valence-corrected chi connectivity index (χ0v) is 16.5. The van der Waals surface area contributed by atoms with Gasteiger partial charge in [-0.3, -0.25) is 4.79 Å². The van der Waals surface area contributed by atoms with E-state index in [-0.39, 0.29) is 11.3 Å². The standard InChI is InChI=1S/C22H33NO3/c1-17(2)16-22(25)11-9-21(10-12-22)13-14-23(20(21)24)19-6-4-18(5-7-19)8-15-26-3/h4-7,17,25H,8-16H2,1-3H3. The van der Waals surface area contributed by atoms with Gasteiger partial charge in [0.1, 0.15) is 0 Å². The molecule has 0 bridgehead atoms. The predicted molar refractivity (Wildman–Crippen MR) is 104 cm³/mol. The second-order valence-electron chi connectivity index (χ2n) is 8.72. The Morgan fingerprint density at radius 3 is 2.35 bits per heavy atom. The summed E-state index contributed by atoms with van der Waals surface area (Å²) in [4.78, 5) is 15.1. The van der Waals surface area contributed by atoms with Crippen LogP contribution in [0.4, 0.5) is 5.69 Å². The van der Waals surface area contributed by atoms with Crippen LogP contribution in [0.5, 0.6) is 0 Å². The molecular weight excluding hydrogens is 326 g/mol. The quantitative estimate of drug-likeness (QED) is 0.837. The molecule has 1 N–H and O–H groups in total. The maximum atomic E-state index is 13.2. The van der Waals surface area contributed by atoms with Crippen molar-refractivity contribution in [3.05, 3.63) is 29.8 Å². The van der Waals surface area contributed by atoms with Crippen molar-refractivity contribution in [2.75, 3.05) is 25.2 Å². The number of benzene rings is 1. The Bertz CT molecular complexity index is 615. The molecule has 4 nitrogen and oxygen atoms in total. The summed E-state index contributed by atoms with van der Waals surface area (Å²) in [5.74, 6) is 0.746. The van der Waals surface area contributed by atoms with Gasteiger partial charge in [0, 0.05) is 19.3 Å². The van der Waals surface area contributed by atoms with E-state index >= 15 is 0 Å². The van der Waals surface area contributed by atoms with Gasteiger partial charge in [0.2, 0.25) is 5.91 Å². The molecule has 26 heavy (non-hydrogen) atoms. The Kier molecular flexibility index (Phi) is 5.73. The number of hydrogen-bond acceptors (Lipinski definition) is 3. The second kappa shape index (κ2) is 7.69. The molecule has 0 unspecified atom stereocenters. The van der Waals surface area contributed by atoms with Crippen molar-refractivity contribution in [1.29, 1.82) is 0 Å². The molecule has 2 aliphatic rings. The van der Waals surface area contributed by atoms with E-state index in [1.165, 1.54) is 5.56 Å². The lowest BCUT2D eigenvalue weighted by Crippen LogP contribution is -2.44. The molecule has 0 aromatic heterocycles. The average molecular weight is 360 g/mol. The van der Waals surface area contributed by atoms with Gasteiger partial charge in [-0.05, 0) is 68.6 Å². The molecular formula is C22H33NO3. The van der Waals surface area contributed by atoms with Crippen LogP contribution >= 0.6 is 0 Å². The molecule has 1 spiro atoms. The fourth-order valence-corrected chi connectivity index (χ4v) is 4.75. The zero-order chi connectivity index (χ0) is 18.8. The van der Waals surface area contributed by atoms with Gasteiger partial charge >= 0.3 is 0 Å². The van der Waals surface area contributed by atoms with Gasteiger partial charge in [0.15, 0.2) is 0 Å². The first kappa shape index (κ1) is 19.4. The normalized spacial score (nSPS) is 29.1. The average Bonchev–Trinajstić information content (AvgIpc) is 2.93. The molecule has 1 saturated carbocycles. The number of carbonyl (C=O) groups is 1. The lowest BCUT2D eigenvalue weighted by molar-refractivity contribution is -0.131. The monoisotopic (exact) mass is 359 g/mol. The summed E-state index contributed by atoms with van der Waals surface area (Å²) in [5.41, 5.74) is 1.40. The third-order valence-electron chi connectivity index (χ3n) is 6.28. The zero-order valence-electron chi connectivity index (χ0n) is 16.5. The van der Waals surface area contributed by atoms with Crippen LogP contribution in [-0.4, -0.2) is 36.9 Å². The maximum absolute atomic E-state index is 13.2. The van der Waals surface area contributed by atoms with Crippen LogP contribution in [0.2, 0.25) is 0 Å². The van der Waals surface area contributed by atoms with E-state index in [9.17, 15) is 9.90 Å². The molecule has 1 aromatic rings. The first-order valence-electron chi connectivity index (χ1n) is 10.00. The van der Waals surface area contributed by atoms with Gasteiger partial charge in [-0.1, -0.05) is 26.0 Å². The number of rotatable bonds is 6. The van der Waals surface area contributed by atoms with E-state index in [1.807, 2.05) is 4.90 Å². The summed E-state index contributed by atoms with van der Waals surface area (Å²) in [6.45, 7) is 5.81. The highest BCUT2D eigenvalue weighted by molar-refractivity contribution is 6.00. The summed E-state index contributed by atoms with van der Waals surface area (Å²) in [6.07, 6.45) is 5.78. The molecule has 0 atom stereocenters. The number of methoxy groups -OCH3 is 1. The van der Waals surface area contributed by atoms with Gasteiger partial charge < -0.3 is 14.7 Å². The molecule has 1 aromatic carbocycles. The first-order chi connectivity index (χ1) is 12.4. The Morgan fingerprint density at radius 2 is 1.77 bits per heavy atom. The van der Waals surface area contributed by atoms with Crippen molar-refractivity contribution < 1.29 is 14.6 Å². The van der Waals surface area contributed by atoms with Crippen molar-refractivity contribution in [3.8, 4) is 0 Å². The van der Waals surface area contributed by atoms with Crippen LogP contribution in [0.1, 0.15) is 57.9 Å². The Morgan fingerprint density at radius 1 is 1.12 bits per heavy atom. The summed E-state index contributed by atoms with van der Waals surface area (Å²) in [5, 5.41) is 10.8. The minimum atomic E-state index is -0.573. The number of amides is 1. The van der Waals surface area contributed by atoms with Crippen LogP contribution < -0.4 is 4.90 Å². The number of aliphatic hydroxyl groups is 1. The fraction of sp³-hybridized carbons (Fsp3) is 0.682. The SMILES string of the molecule is COCCc1ccc(N2CCC3(CCC(O)(CC(C)C)CC3)C2=O)cc1. The molecule has 144 valence electrons. The van der Waals surface area contributed by atoms with E-state index in [0.29, 0.717) is 12.5 Å². The number of ether oxygens (including phenoxy) is 1. The number of hydrogen-bond donors (Lipinski definition) is 1. The Labute approximate surface area is 157 Å². The molecule has 2 fully saturated rings. The largest absolute Gasteiger partial charge is 0.390 e. The van der Waals surface area contributed by atoms with Gasteiger partial charge in [0.05, 0.1) is 17.6 Å². The smallest absolute Gasteiger partial charge is 0.233 e. The lowest BCUT2D eigenvalue weighted by Gasteiger charge is -2.41. The van der Waals surface area contributed by atoms with E-state index < -0.39 is 5.60 Å². The van der Waals surface area contributed by atoms with E-state index in [1.54, 1.807) is 7.11 Å². The predicted octanol–water partition coefficient (Wildman–Crippen LogP) is 3.95. The molecule has 1 saturated heterocycles. The highest BCUT2D eigenvalue weighted by atomic mass is 16.5. The molecule has 1 aliphatic heterocycles. The third-order valence-corrected chi connectivity index (χ3v) is 6.28. The first-order valence-corrected chi connectivity index (χ1v) is 10.00. The number of nitrogens with zero attached hydrogens (tertiary/aromatic N) is 1. The number of anilines is 1. The third kappa shape index (κ3) is 3.96. The summed E-state index contributed by atoms with van der Waals surface area (Å²) in [7, 11) is 1.71.